The second-order valence-electron chi connectivity index (χ2n) is 4.35. The number of nitrogens with zero attached hydrogens (tertiary/aromatic N) is 2. The van der Waals surface area contributed by atoms with Crippen LogP contribution < -0.4 is 16.4 Å². The highest BCUT2D eigenvalue weighted by Gasteiger charge is 2.23. The third-order valence-corrected chi connectivity index (χ3v) is 3.00. The van der Waals surface area contributed by atoms with Crippen LogP contribution in [0.15, 0.2) is 12.3 Å². The van der Waals surface area contributed by atoms with Crippen molar-refractivity contribution in [1.29, 1.82) is 0 Å². The van der Waals surface area contributed by atoms with Crippen LogP contribution in [0.3, 0.4) is 0 Å². The summed E-state index contributed by atoms with van der Waals surface area (Å²) in [6.45, 7) is 2.22. The zero-order valence-corrected chi connectivity index (χ0v) is 10.4. The third-order valence-electron chi connectivity index (χ3n) is 3.00. The van der Waals surface area contributed by atoms with Crippen LogP contribution >= 0.6 is 0 Å². The first-order valence-electron chi connectivity index (χ1n) is 6.02. The monoisotopic (exact) mass is 253 g/mol. The molecule has 18 heavy (non-hydrogen) atoms. The zero-order chi connectivity index (χ0) is 13.0. The van der Waals surface area contributed by atoms with Crippen molar-refractivity contribution < 1.29 is 9.53 Å². The molecule has 1 atom stereocenters. The molecule has 0 radical (unpaired) electrons. The van der Waals surface area contributed by atoms with Crippen LogP contribution in [0.1, 0.15) is 12.5 Å². The first kappa shape index (κ1) is 13.0. The number of hydrogen-bond acceptors (Lipinski definition) is 5. The van der Waals surface area contributed by atoms with Crippen molar-refractivity contribution >= 4 is 11.7 Å². The third kappa shape index (κ3) is 2.87. The van der Waals surface area contributed by atoms with Gasteiger partial charge in [0.15, 0.2) is 0 Å². The highest BCUT2D eigenvalue weighted by atomic mass is 16.5. The molecule has 1 fully saturated rings. The van der Waals surface area contributed by atoms with E-state index in [2.05, 4.69) is 15.7 Å². The lowest BCUT2D eigenvalue weighted by atomic mass is 10.2. The molecule has 1 aromatic heterocycles. The fourth-order valence-corrected chi connectivity index (χ4v) is 1.75. The molecule has 1 unspecified atom stereocenters. The summed E-state index contributed by atoms with van der Waals surface area (Å²) >= 11 is 0. The van der Waals surface area contributed by atoms with Gasteiger partial charge in [0, 0.05) is 32.9 Å². The van der Waals surface area contributed by atoms with Crippen LogP contribution in [0.2, 0.25) is 0 Å². The van der Waals surface area contributed by atoms with Gasteiger partial charge in [0.2, 0.25) is 5.91 Å². The fraction of sp³-hybridized carbons (Fsp3) is 0.636. The number of carbonyl (C=O) groups excluding carboxylic acids is 1. The average Bonchev–Trinajstić information content (AvgIpc) is 2.72. The van der Waals surface area contributed by atoms with Gasteiger partial charge in [-0.1, -0.05) is 0 Å². The summed E-state index contributed by atoms with van der Waals surface area (Å²) in [4.78, 5) is 11.8. The molecule has 7 heteroatoms. The van der Waals surface area contributed by atoms with Crippen molar-refractivity contribution in [3.05, 3.63) is 12.3 Å². The molecule has 4 N–H and O–H groups in total. The minimum atomic E-state index is -0.562. The van der Waals surface area contributed by atoms with Gasteiger partial charge in [-0.05, 0) is 6.42 Å². The molecule has 1 aliphatic rings. The Labute approximate surface area is 106 Å². The van der Waals surface area contributed by atoms with Crippen LogP contribution in [0.4, 0.5) is 5.82 Å². The second-order valence-corrected chi connectivity index (χ2v) is 4.35. The number of anilines is 1. The van der Waals surface area contributed by atoms with Crippen LogP contribution in [-0.4, -0.2) is 48.5 Å². The Morgan fingerprint density at radius 2 is 2.56 bits per heavy atom. The van der Waals surface area contributed by atoms with E-state index in [0.29, 0.717) is 24.9 Å². The van der Waals surface area contributed by atoms with Crippen molar-refractivity contribution in [2.75, 3.05) is 32.1 Å². The number of ether oxygens (including phenoxy) is 1. The second kappa shape index (κ2) is 5.94. The number of hydrogen-bond donors (Lipinski definition) is 3. The van der Waals surface area contributed by atoms with Crippen LogP contribution in [0.25, 0.3) is 0 Å². The topological polar surface area (TPSA) is 94.2 Å². The van der Waals surface area contributed by atoms with E-state index in [9.17, 15) is 4.79 Å². The van der Waals surface area contributed by atoms with Gasteiger partial charge < -0.3 is 21.1 Å². The van der Waals surface area contributed by atoms with Crippen molar-refractivity contribution in [2.45, 2.75) is 18.5 Å². The van der Waals surface area contributed by atoms with Gasteiger partial charge in [0.25, 0.3) is 0 Å². The number of methoxy groups -OCH3 is 1. The number of nitrogens with two attached hydrogens (primary N) is 1. The normalized spacial score (nSPS) is 17.2. The van der Waals surface area contributed by atoms with Gasteiger partial charge in [0.1, 0.15) is 5.82 Å². The molecule has 1 aromatic rings. The highest BCUT2D eigenvalue weighted by Crippen LogP contribution is 2.17. The lowest BCUT2D eigenvalue weighted by Crippen LogP contribution is -2.44. The maximum absolute atomic E-state index is 11.8. The van der Waals surface area contributed by atoms with Gasteiger partial charge in [-0.25, -0.2) is 4.68 Å². The summed E-state index contributed by atoms with van der Waals surface area (Å²) in [7, 11) is 1.59. The average molecular weight is 253 g/mol. The van der Waals surface area contributed by atoms with Crippen molar-refractivity contribution in [3.63, 3.8) is 0 Å². The lowest BCUT2D eigenvalue weighted by Gasteiger charge is -2.28. The van der Waals surface area contributed by atoms with E-state index in [1.807, 2.05) is 4.68 Å². The molecule has 1 aliphatic heterocycles. The summed E-state index contributed by atoms with van der Waals surface area (Å²) in [5.74, 6) is 0.487. The summed E-state index contributed by atoms with van der Waals surface area (Å²) < 4.78 is 6.72. The standard InChI is InChI=1S/C11H19N5O2/c1-18-5-3-9(12)11(17)15-10-2-4-14-16(10)8-6-13-7-8/h2,4,8-9,13H,3,5-7,12H2,1H3,(H,15,17). The molecular formula is C11H19N5O2. The molecule has 2 rings (SSSR count). The molecular weight excluding hydrogens is 234 g/mol. The fourth-order valence-electron chi connectivity index (χ4n) is 1.75. The van der Waals surface area contributed by atoms with E-state index in [1.54, 1.807) is 19.4 Å². The number of aromatic nitrogens is 2. The van der Waals surface area contributed by atoms with E-state index in [1.165, 1.54) is 0 Å². The van der Waals surface area contributed by atoms with Crippen LogP contribution in [-0.2, 0) is 9.53 Å². The summed E-state index contributed by atoms with van der Waals surface area (Å²) in [5.41, 5.74) is 5.76. The lowest BCUT2D eigenvalue weighted by molar-refractivity contribution is -0.117. The number of amides is 1. The first-order chi connectivity index (χ1) is 8.72. The molecule has 100 valence electrons. The molecule has 0 aliphatic carbocycles. The maximum atomic E-state index is 11.8. The molecule has 7 nitrogen and oxygen atoms in total. The van der Waals surface area contributed by atoms with Crippen LogP contribution in [0.5, 0.6) is 0 Å². The SMILES string of the molecule is COCCC(N)C(=O)Nc1ccnn1C1CNC1. The largest absolute Gasteiger partial charge is 0.385 e. The predicted molar refractivity (Wildman–Crippen MR) is 67.2 cm³/mol. The minimum Gasteiger partial charge on any atom is -0.385 e. The van der Waals surface area contributed by atoms with Gasteiger partial charge >= 0.3 is 0 Å². The minimum absolute atomic E-state index is 0.207. The molecule has 0 aromatic carbocycles. The Bertz CT molecular complexity index is 402. The van der Waals surface area contributed by atoms with Crippen molar-refractivity contribution in [2.24, 2.45) is 5.73 Å². The molecule has 0 bridgehead atoms. The summed E-state index contributed by atoms with van der Waals surface area (Å²) in [6.07, 6.45) is 2.18. The Kier molecular flexibility index (Phi) is 4.29. The van der Waals surface area contributed by atoms with E-state index in [4.69, 9.17) is 10.5 Å². The van der Waals surface area contributed by atoms with Crippen molar-refractivity contribution in [1.82, 2.24) is 15.1 Å². The van der Waals surface area contributed by atoms with Gasteiger partial charge in [-0.15, -0.1) is 0 Å². The number of nitrogens with one attached hydrogen (secondary N) is 2. The van der Waals surface area contributed by atoms with E-state index in [-0.39, 0.29) is 5.91 Å². The molecule has 1 saturated heterocycles. The smallest absolute Gasteiger partial charge is 0.242 e. The Morgan fingerprint density at radius 3 is 3.17 bits per heavy atom. The first-order valence-corrected chi connectivity index (χ1v) is 6.02. The van der Waals surface area contributed by atoms with Gasteiger partial charge in [-0.2, -0.15) is 5.10 Å². The Balaban J connectivity index is 1.92. The molecule has 0 saturated carbocycles. The Hall–Kier alpha value is -1.44. The molecule has 2 heterocycles. The maximum Gasteiger partial charge on any atom is 0.242 e. The number of rotatable bonds is 6. The molecule has 0 spiro atoms. The summed E-state index contributed by atoms with van der Waals surface area (Å²) in [6, 6.07) is 1.53. The number of carbonyl (C=O) groups is 1. The van der Waals surface area contributed by atoms with E-state index in [0.717, 1.165) is 13.1 Å². The van der Waals surface area contributed by atoms with E-state index >= 15 is 0 Å². The van der Waals surface area contributed by atoms with Crippen LogP contribution in [0, 0.1) is 0 Å². The highest BCUT2D eigenvalue weighted by molar-refractivity contribution is 5.93. The van der Waals surface area contributed by atoms with Gasteiger partial charge in [0.05, 0.1) is 18.3 Å². The van der Waals surface area contributed by atoms with E-state index < -0.39 is 6.04 Å². The van der Waals surface area contributed by atoms with Crippen molar-refractivity contribution in [3.8, 4) is 0 Å². The Morgan fingerprint density at radius 1 is 1.78 bits per heavy atom. The molecule has 1 amide bonds. The quantitative estimate of drug-likeness (QED) is 0.625. The predicted octanol–water partition coefficient (Wildman–Crippen LogP) is -0.670. The summed E-state index contributed by atoms with van der Waals surface area (Å²) in [5, 5.41) is 10.2. The zero-order valence-electron chi connectivity index (χ0n) is 10.4. The van der Waals surface area contributed by atoms with Gasteiger partial charge in [-0.3, -0.25) is 4.79 Å².